The molecule has 1 aromatic carbocycles. The Morgan fingerprint density at radius 1 is 1.33 bits per heavy atom. The molecule has 112 valence electrons. The Morgan fingerprint density at radius 2 is 2.10 bits per heavy atom. The monoisotopic (exact) mass is 286 g/mol. The van der Waals surface area contributed by atoms with E-state index >= 15 is 0 Å². The summed E-state index contributed by atoms with van der Waals surface area (Å²) in [5.74, 6) is 0. The molecular weight excluding hydrogens is 264 g/mol. The van der Waals surface area contributed by atoms with Gasteiger partial charge in [0.1, 0.15) is 5.60 Å². The third-order valence-electron chi connectivity index (χ3n) is 3.77. The molecule has 4 heteroatoms. The van der Waals surface area contributed by atoms with E-state index in [2.05, 4.69) is 11.4 Å². The van der Waals surface area contributed by atoms with Gasteiger partial charge in [0.2, 0.25) is 0 Å². The van der Waals surface area contributed by atoms with Gasteiger partial charge in [-0.1, -0.05) is 18.2 Å². The van der Waals surface area contributed by atoms with Crippen molar-refractivity contribution in [2.75, 3.05) is 6.54 Å². The van der Waals surface area contributed by atoms with Gasteiger partial charge in [0.05, 0.1) is 5.52 Å². The van der Waals surface area contributed by atoms with Gasteiger partial charge in [0, 0.05) is 17.6 Å². The first kappa shape index (κ1) is 14.1. The smallest absolute Gasteiger partial charge is 0.419 e. The van der Waals surface area contributed by atoms with Crippen LogP contribution in [0.3, 0.4) is 0 Å². The van der Waals surface area contributed by atoms with Gasteiger partial charge in [-0.2, -0.15) is 0 Å². The second kappa shape index (κ2) is 5.19. The SMILES string of the molecule is CC(C)(C)OC(=O)n1cc([C@H]2CCCN2)c2ccccc21. The summed E-state index contributed by atoms with van der Waals surface area (Å²) in [6, 6.07) is 8.34. The molecule has 0 amide bonds. The Balaban J connectivity index is 2.04. The predicted molar refractivity (Wildman–Crippen MR) is 83.5 cm³/mol. The summed E-state index contributed by atoms with van der Waals surface area (Å²) in [6.45, 7) is 6.69. The first-order valence-corrected chi connectivity index (χ1v) is 7.52. The number of aromatic nitrogens is 1. The highest BCUT2D eigenvalue weighted by atomic mass is 16.6. The number of carbonyl (C=O) groups is 1. The highest BCUT2D eigenvalue weighted by Gasteiger charge is 2.24. The van der Waals surface area contributed by atoms with Crippen LogP contribution in [0.1, 0.15) is 45.2 Å². The largest absolute Gasteiger partial charge is 0.443 e. The molecule has 0 saturated carbocycles. The lowest BCUT2D eigenvalue weighted by molar-refractivity contribution is 0.0544. The zero-order chi connectivity index (χ0) is 15.0. The Hall–Kier alpha value is -1.81. The Kier molecular flexibility index (Phi) is 3.49. The van der Waals surface area contributed by atoms with Crippen LogP contribution in [0.5, 0.6) is 0 Å². The molecule has 1 N–H and O–H groups in total. The van der Waals surface area contributed by atoms with E-state index in [0.717, 1.165) is 23.9 Å². The number of benzene rings is 1. The summed E-state index contributed by atoms with van der Waals surface area (Å²) in [5.41, 5.74) is 1.61. The number of ether oxygens (including phenoxy) is 1. The summed E-state index contributed by atoms with van der Waals surface area (Å²) >= 11 is 0. The first-order chi connectivity index (χ1) is 9.96. The average Bonchev–Trinajstić information content (AvgIpc) is 3.03. The van der Waals surface area contributed by atoms with Crippen molar-refractivity contribution in [3.8, 4) is 0 Å². The minimum absolute atomic E-state index is 0.317. The van der Waals surface area contributed by atoms with Gasteiger partial charge >= 0.3 is 6.09 Å². The first-order valence-electron chi connectivity index (χ1n) is 7.52. The molecule has 1 aromatic heterocycles. The van der Waals surface area contributed by atoms with Crippen molar-refractivity contribution >= 4 is 17.0 Å². The molecule has 2 aromatic rings. The van der Waals surface area contributed by atoms with Crippen LogP contribution in [0.2, 0.25) is 0 Å². The van der Waals surface area contributed by atoms with Gasteiger partial charge in [-0.15, -0.1) is 0 Å². The predicted octanol–water partition coefficient (Wildman–Crippen LogP) is 3.85. The molecule has 0 bridgehead atoms. The van der Waals surface area contributed by atoms with Gasteiger partial charge in [-0.05, 0) is 51.8 Å². The van der Waals surface area contributed by atoms with Crippen LogP contribution in [0.25, 0.3) is 10.9 Å². The molecule has 0 aliphatic carbocycles. The van der Waals surface area contributed by atoms with Gasteiger partial charge in [0.25, 0.3) is 0 Å². The molecule has 1 atom stereocenters. The van der Waals surface area contributed by atoms with Crippen LogP contribution in [-0.2, 0) is 4.74 Å². The number of hydrogen-bond acceptors (Lipinski definition) is 3. The van der Waals surface area contributed by atoms with E-state index in [0.29, 0.717) is 6.04 Å². The third-order valence-corrected chi connectivity index (χ3v) is 3.77. The molecule has 1 saturated heterocycles. The van der Waals surface area contributed by atoms with E-state index in [4.69, 9.17) is 4.74 Å². The number of nitrogens with zero attached hydrogens (tertiary/aromatic N) is 1. The number of fused-ring (bicyclic) bond motifs is 1. The van der Waals surface area contributed by atoms with Crippen LogP contribution in [-0.4, -0.2) is 22.8 Å². The second-order valence-electron chi connectivity index (χ2n) is 6.60. The van der Waals surface area contributed by atoms with Crippen molar-refractivity contribution in [2.45, 2.75) is 45.3 Å². The Labute approximate surface area is 125 Å². The summed E-state index contributed by atoms with van der Waals surface area (Å²) in [7, 11) is 0. The molecule has 0 radical (unpaired) electrons. The van der Waals surface area contributed by atoms with E-state index in [1.165, 1.54) is 12.0 Å². The second-order valence-corrected chi connectivity index (χ2v) is 6.60. The molecule has 0 unspecified atom stereocenters. The number of rotatable bonds is 1. The molecule has 1 aliphatic rings. The fourth-order valence-electron chi connectivity index (χ4n) is 2.90. The van der Waals surface area contributed by atoms with E-state index in [1.54, 1.807) is 4.57 Å². The van der Waals surface area contributed by atoms with Crippen LogP contribution in [0.4, 0.5) is 4.79 Å². The number of hydrogen-bond donors (Lipinski definition) is 1. The summed E-state index contributed by atoms with van der Waals surface area (Å²) < 4.78 is 7.15. The van der Waals surface area contributed by atoms with E-state index in [1.807, 2.05) is 45.2 Å². The highest BCUT2D eigenvalue weighted by Crippen LogP contribution is 2.31. The molecule has 4 nitrogen and oxygen atoms in total. The van der Waals surface area contributed by atoms with E-state index in [9.17, 15) is 4.79 Å². The van der Waals surface area contributed by atoms with Crippen LogP contribution in [0.15, 0.2) is 30.5 Å². The fraction of sp³-hybridized carbons (Fsp3) is 0.471. The average molecular weight is 286 g/mol. The molecule has 0 spiro atoms. The molecule has 3 rings (SSSR count). The Morgan fingerprint density at radius 3 is 2.76 bits per heavy atom. The van der Waals surface area contributed by atoms with Crippen LogP contribution in [0, 0.1) is 0 Å². The zero-order valence-corrected chi connectivity index (χ0v) is 12.8. The normalized spacial score (nSPS) is 19.1. The lowest BCUT2D eigenvalue weighted by atomic mass is 10.0. The number of nitrogens with one attached hydrogen (secondary N) is 1. The van der Waals surface area contributed by atoms with Crippen molar-refractivity contribution in [1.82, 2.24) is 9.88 Å². The van der Waals surface area contributed by atoms with Gasteiger partial charge in [-0.3, -0.25) is 4.57 Å². The highest BCUT2D eigenvalue weighted by molar-refractivity contribution is 5.92. The maximum absolute atomic E-state index is 12.4. The summed E-state index contributed by atoms with van der Waals surface area (Å²) in [5, 5.41) is 4.63. The third kappa shape index (κ3) is 2.81. The van der Waals surface area contributed by atoms with Crippen molar-refractivity contribution in [3.05, 3.63) is 36.0 Å². The van der Waals surface area contributed by atoms with Crippen LogP contribution < -0.4 is 5.32 Å². The van der Waals surface area contributed by atoms with Crippen molar-refractivity contribution in [3.63, 3.8) is 0 Å². The van der Waals surface area contributed by atoms with Crippen LogP contribution >= 0.6 is 0 Å². The summed E-state index contributed by atoms with van der Waals surface area (Å²) in [4.78, 5) is 12.4. The maximum atomic E-state index is 12.4. The van der Waals surface area contributed by atoms with Gasteiger partial charge < -0.3 is 10.1 Å². The topological polar surface area (TPSA) is 43.3 Å². The molecule has 21 heavy (non-hydrogen) atoms. The van der Waals surface area contributed by atoms with E-state index in [-0.39, 0.29) is 6.09 Å². The Bertz CT molecular complexity index is 661. The maximum Gasteiger partial charge on any atom is 0.419 e. The van der Waals surface area contributed by atoms with Crippen molar-refractivity contribution in [2.24, 2.45) is 0 Å². The lowest BCUT2D eigenvalue weighted by Crippen LogP contribution is -2.26. The lowest BCUT2D eigenvalue weighted by Gasteiger charge is -2.19. The molecule has 2 heterocycles. The fourth-order valence-corrected chi connectivity index (χ4v) is 2.90. The number of carbonyl (C=O) groups excluding carboxylic acids is 1. The molecule has 1 aliphatic heterocycles. The van der Waals surface area contributed by atoms with Crippen molar-refractivity contribution in [1.29, 1.82) is 0 Å². The van der Waals surface area contributed by atoms with Gasteiger partial charge in [0.15, 0.2) is 0 Å². The van der Waals surface area contributed by atoms with E-state index < -0.39 is 5.60 Å². The summed E-state index contributed by atoms with van der Waals surface area (Å²) in [6.07, 6.45) is 3.91. The minimum atomic E-state index is -0.492. The van der Waals surface area contributed by atoms with Gasteiger partial charge in [-0.25, -0.2) is 4.79 Å². The minimum Gasteiger partial charge on any atom is -0.443 e. The zero-order valence-electron chi connectivity index (χ0n) is 12.8. The molecular formula is C17H22N2O2. The number of para-hydroxylation sites is 1. The standard InChI is InChI=1S/C17H22N2O2/c1-17(2,3)21-16(20)19-11-13(14-8-6-10-18-14)12-7-4-5-9-15(12)19/h4-5,7,9,11,14,18H,6,8,10H2,1-3H3/t14-/m1/s1. The van der Waals surface area contributed by atoms with Crippen molar-refractivity contribution < 1.29 is 9.53 Å². The quantitative estimate of drug-likeness (QED) is 0.866. The molecule has 1 fully saturated rings.